The van der Waals surface area contributed by atoms with Crippen molar-refractivity contribution in [3.8, 4) is 0 Å². The quantitative estimate of drug-likeness (QED) is 0.796. The number of likely N-dealkylation sites (N-methyl/N-ethyl adjacent to an activating group) is 1. The van der Waals surface area contributed by atoms with Gasteiger partial charge in [0.2, 0.25) is 0 Å². The topological polar surface area (TPSA) is 21.3 Å². The van der Waals surface area contributed by atoms with Crippen LogP contribution in [0, 0.1) is 0 Å². The van der Waals surface area contributed by atoms with Crippen molar-refractivity contribution >= 4 is 32.1 Å². The summed E-state index contributed by atoms with van der Waals surface area (Å²) in [6.07, 6.45) is 1.08. The SMILES string of the molecule is CCCOCC(NC)c1cc2sccc2s1. The van der Waals surface area contributed by atoms with E-state index in [-0.39, 0.29) is 0 Å². The van der Waals surface area contributed by atoms with E-state index in [0.29, 0.717) is 6.04 Å². The number of hydrogen-bond donors (Lipinski definition) is 1. The molecule has 2 aromatic heterocycles. The molecule has 1 unspecified atom stereocenters. The van der Waals surface area contributed by atoms with E-state index < -0.39 is 0 Å². The number of rotatable bonds is 6. The van der Waals surface area contributed by atoms with Crippen LogP contribution >= 0.6 is 22.7 Å². The maximum atomic E-state index is 5.61. The molecular formula is C12H17NOS2. The molecule has 2 heterocycles. The summed E-state index contributed by atoms with van der Waals surface area (Å²) in [5.74, 6) is 0. The molecule has 0 aliphatic heterocycles. The number of ether oxygens (including phenoxy) is 1. The Balaban J connectivity index is 2.05. The van der Waals surface area contributed by atoms with Gasteiger partial charge in [-0.25, -0.2) is 0 Å². The van der Waals surface area contributed by atoms with Gasteiger partial charge in [0, 0.05) is 20.9 Å². The Labute approximate surface area is 104 Å². The minimum atomic E-state index is 0.330. The third-order valence-corrected chi connectivity index (χ3v) is 4.69. The average Bonchev–Trinajstić information content (AvgIpc) is 2.84. The molecule has 2 aromatic rings. The molecule has 2 nitrogen and oxygen atoms in total. The lowest BCUT2D eigenvalue weighted by Crippen LogP contribution is -2.20. The summed E-state index contributed by atoms with van der Waals surface area (Å²) >= 11 is 3.67. The van der Waals surface area contributed by atoms with E-state index in [4.69, 9.17) is 4.74 Å². The lowest BCUT2D eigenvalue weighted by molar-refractivity contribution is 0.115. The van der Waals surface area contributed by atoms with Crippen molar-refractivity contribution < 1.29 is 4.74 Å². The van der Waals surface area contributed by atoms with E-state index >= 15 is 0 Å². The summed E-state index contributed by atoms with van der Waals surface area (Å²) in [7, 11) is 1.99. The Bertz CT molecular complexity index is 406. The van der Waals surface area contributed by atoms with Crippen molar-refractivity contribution in [1.29, 1.82) is 0 Å². The third-order valence-electron chi connectivity index (χ3n) is 2.48. The van der Waals surface area contributed by atoms with Crippen molar-refractivity contribution in [2.24, 2.45) is 0 Å². The predicted octanol–water partition coefficient (Wildman–Crippen LogP) is 3.65. The average molecular weight is 255 g/mol. The Morgan fingerprint density at radius 3 is 3.00 bits per heavy atom. The molecule has 0 saturated carbocycles. The summed E-state index contributed by atoms with van der Waals surface area (Å²) in [6, 6.07) is 4.80. The van der Waals surface area contributed by atoms with Gasteiger partial charge in [-0.1, -0.05) is 6.92 Å². The summed E-state index contributed by atoms with van der Waals surface area (Å²) < 4.78 is 8.38. The smallest absolute Gasteiger partial charge is 0.0669 e. The Morgan fingerprint density at radius 2 is 2.31 bits per heavy atom. The van der Waals surface area contributed by atoms with Gasteiger partial charge in [-0.15, -0.1) is 22.7 Å². The second-order valence-electron chi connectivity index (χ2n) is 3.71. The molecule has 4 heteroatoms. The molecule has 0 aliphatic rings. The first-order valence-corrected chi connectivity index (χ1v) is 7.26. The first-order valence-electron chi connectivity index (χ1n) is 5.57. The van der Waals surface area contributed by atoms with Crippen molar-refractivity contribution in [3.05, 3.63) is 22.4 Å². The van der Waals surface area contributed by atoms with Gasteiger partial charge in [-0.3, -0.25) is 0 Å². The van der Waals surface area contributed by atoms with Crippen molar-refractivity contribution in [3.63, 3.8) is 0 Å². The van der Waals surface area contributed by atoms with Crippen molar-refractivity contribution in [2.45, 2.75) is 19.4 Å². The van der Waals surface area contributed by atoms with E-state index in [9.17, 15) is 0 Å². The first kappa shape index (κ1) is 12.0. The van der Waals surface area contributed by atoms with Crippen LogP contribution in [0.25, 0.3) is 9.40 Å². The molecule has 0 aliphatic carbocycles. The van der Waals surface area contributed by atoms with Crippen LogP contribution < -0.4 is 5.32 Å². The number of nitrogens with one attached hydrogen (secondary N) is 1. The van der Waals surface area contributed by atoms with E-state index in [0.717, 1.165) is 19.6 Å². The monoisotopic (exact) mass is 255 g/mol. The fourth-order valence-corrected chi connectivity index (χ4v) is 3.82. The highest BCUT2D eigenvalue weighted by Crippen LogP contribution is 2.33. The lowest BCUT2D eigenvalue weighted by atomic mass is 10.2. The van der Waals surface area contributed by atoms with E-state index in [1.807, 2.05) is 18.4 Å². The van der Waals surface area contributed by atoms with Crippen LogP contribution in [0.3, 0.4) is 0 Å². The second-order valence-corrected chi connectivity index (χ2v) is 5.78. The highest BCUT2D eigenvalue weighted by molar-refractivity contribution is 7.26. The van der Waals surface area contributed by atoms with Gasteiger partial charge in [0.15, 0.2) is 0 Å². The summed E-state index contributed by atoms with van der Waals surface area (Å²) in [6.45, 7) is 3.74. The molecule has 0 bridgehead atoms. The standard InChI is InChI=1S/C12H17NOS2/c1-3-5-14-8-9(13-2)11-7-12-10(16-11)4-6-15-12/h4,6-7,9,13H,3,5,8H2,1-2H3. The Hall–Kier alpha value is -0.420. The molecule has 0 saturated heterocycles. The maximum Gasteiger partial charge on any atom is 0.0669 e. The van der Waals surface area contributed by atoms with Crippen LogP contribution in [0.1, 0.15) is 24.3 Å². The Kier molecular flexibility index (Phi) is 4.35. The predicted molar refractivity (Wildman–Crippen MR) is 72.6 cm³/mol. The van der Waals surface area contributed by atoms with Crippen molar-refractivity contribution in [2.75, 3.05) is 20.3 Å². The normalized spacial score (nSPS) is 13.4. The van der Waals surface area contributed by atoms with Crippen LogP contribution in [-0.4, -0.2) is 20.3 Å². The third kappa shape index (κ3) is 2.63. The minimum Gasteiger partial charge on any atom is -0.379 e. The highest BCUT2D eigenvalue weighted by Gasteiger charge is 2.13. The zero-order valence-electron chi connectivity index (χ0n) is 9.66. The second kappa shape index (κ2) is 5.77. The fraction of sp³-hybridized carbons (Fsp3) is 0.500. The summed E-state index contributed by atoms with van der Waals surface area (Å²) in [5.41, 5.74) is 0. The summed E-state index contributed by atoms with van der Waals surface area (Å²) in [4.78, 5) is 1.38. The van der Waals surface area contributed by atoms with Gasteiger partial charge in [0.25, 0.3) is 0 Å². The van der Waals surface area contributed by atoms with Gasteiger partial charge < -0.3 is 10.1 Å². The molecular weight excluding hydrogens is 238 g/mol. The number of fused-ring (bicyclic) bond motifs is 1. The molecule has 0 radical (unpaired) electrons. The van der Waals surface area contributed by atoms with Crippen LogP contribution in [0.15, 0.2) is 17.5 Å². The first-order chi connectivity index (χ1) is 7.85. The molecule has 1 N–H and O–H groups in total. The molecule has 88 valence electrons. The Morgan fingerprint density at radius 1 is 1.44 bits per heavy atom. The molecule has 2 rings (SSSR count). The number of hydrogen-bond acceptors (Lipinski definition) is 4. The molecule has 1 atom stereocenters. The van der Waals surface area contributed by atoms with Gasteiger partial charge in [0.05, 0.1) is 12.6 Å². The van der Waals surface area contributed by atoms with Gasteiger partial charge in [-0.2, -0.15) is 0 Å². The van der Waals surface area contributed by atoms with E-state index in [2.05, 4.69) is 29.8 Å². The molecule has 0 fully saturated rings. The van der Waals surface area contributed by atoms with Crippen LogP contribution in [0.4, 0.5) is 0 Å². The van der Waals surface area contributed by atoms with Crippen molar-refractivity contribution in [1.82, 2.24) is 5.32 Å². The largest absolute Gasteiger partial charge is 0.379 e. The number of thiophene rings is 2. The molecule has 0 aromatic carbocycles. The van der Waals surface area contributed by atoms with Gasteiger partial charge in [0.1, 0.15) is 0 Å². The zero-order chi connectivity index (χ0) is 11.4. The minimum absolute atomic E-state index is 0.330. The zero-order valence-corrected chi connectivity index (χ0v) is 11.3. The molecule has 16 heavy (non-hydrogen) atoms. The highest BCUT2D eigenvalue weighted by atomic mass is 32.1. The van der Waals surface area contributed by atoms with Crippen LogP contribution in [-0.2, 0) is 4.74 Å². The lowest BCUT2D eigenvalue weighted by Gasteiger charge is -2.14. The van der Waals surface area contributed by atoms with E-state index in [1.54, 1.807) is 11.3 Å². The van der Waals surface area contributed by atoms with Gasteiger partial charge >= 0.3 is 0 Å². The maximum absolute atomic E-state index is 5.61. The van der Waals surface area contributed by atoms with Gasteiger partial charge in [-0.05, 0) is 31.0 Å². The fourth-order valence-electron chi connectivity index (χ4n) is 1.61. The molecule has 0 spiro atoms. The molecule has 0 amide bonds. The van der Waals surface area contributed by atoms with Crippen LogP contribution in [0.5, 0.6) is 0 Å². The van der Waals surface area contributed by atoms with Crippen LogP contribution in [0.2, 0.25) is 0 Å². The summed E-state index contributed by atoms with van der Waals surface area (Å²) in [5, 5.41) is 5.46. The van der Waals surface area contributed by atoms with E-state index in [1.165, 1.54) is 14.3 Å².